The smallest absolute Gasteiger partial charge is 0.341 e. The van der Waals surface area contributed by atoms with Crippen LogP contribution in [-0.4, -0.2) is 18.1 Å². The molecule has 0 radical (unpaired) electrons. The third kappa shape index (κ3) is 2.87. The first kappa shape index (κ1) is 14.4. The molecule has 1 N–H and O–H groups in total. The fourth-order valence-electron chi connectivity index (χ4n) is 3.08. The van der Waals surface area contributed by atoms with Gasteiger partial charge < -0.3 is 14.8 Å². The Kier molecular flexibility index (Phi) is 3.85. The van der Waals surface area contributed by atoms with Crippen molar-refractivity contribution in [1.82, 2.24) is 5.32 Å². The molecule has 3 atom stereocenters. The highest BCUT2D eigenvalue weighted by molar-refractivity contribution is 5.93. The lowest BCUT2D eigenvalue weighted by atomic mass is 9.88. The summed E-state index contributed by atoms with van der Waals surface area (Å²) in [6.45, 7) is 0.826. The number of rotatable bonds is 5. The van der Waals surface area contributed by atoms with E-state index in [1.807, 2.05) is 36.4 Å². The predicted molar refractivity (Wildman–Crippen MR) is 85.8 cm³/mol. The van der Waals surface area contributed by atoms with Crippen LogP contribution in [0.15, 0.2) is 54.6 Å². The molecule has 1 heterocycles. The topological polar surface area (TPSA) is 47.6 Å². The maximum Gasteiger partial charge on any atom is 0.341 e. The molecule has 0 amide bonds. The number of nitrogens with one attached hydrogen (secondary N) is 1. The Balaban J connectivity index is 1.36. The minimum absolute atomic E-state index is 0.0858. The Labute approximate surface area is 135 Å². The molecule has 1 saturated carbocycles. The molecule has 2 aromatic carbocycles. The van der Waals surface area contributed by atoms with E-state index < -0.39 is 6.29 Å². The normalized spacial score (nSPS) is 25.6. The van der Waals surface area contributed by atoms with Gasteiger partial charge in [0.05, 0.1) is 11.7 Å². The minimum atomic E-state index is -0.565. The second-order valence-corrected chi connectivity index (χ2v) is 6.05. The number of ether oxygens (including phenoxy) is 2. The Morgan fingerprint density at radius 3 is 2.61 bits per heavy atom. The third-order valence-electron chi connectivity index (χ3n) is 4.57. The van der Waals surface area contributed by atoms with Crippen LogP contribution in [-0.2, 0) is 16.0 Å². The fourth-order valence-corrected chi connectivity index (χ4v) is 3.08. The molecule has 4 nitrogen and oxygen atoms in total. The van der Waals surface area contributed by atoms with E-state index >= 15 is 0 Å². The molecule has 1 aliphatic carbocycles. The maximum absolute atomic E-state index is 11.8. The van der Waals surface area contributed by atoms with Crippen LogP contribution in [0.25, 0.3) is 0 Å². The quantitative estimate of drug-likeness (QED) is 0.862. The van der Waals surface area contributed by atoms with Crippen LogP contribution in [0, 0.1) is 0 Å². The lowest BCUT2D eigenvalue weighted by Crippen LogP contribution is -2.49. The summed E-state index contributed by atoms with van der Waals surface area (Å²) >= 11 is 0. The second-order valence-electron chi connectivity index (χ2n) is 6.05. The van der Waals surface area contributed by atoms with Crippen LogP contribution in [0.4, 0.5) is 0 Å². The van der Waals surface area contributed by atoms with Crippen LogP contribution in [0.2, 0.25) is 0 Å². The van der Waals surface area contributed by atoms with Gasteiger partial charge in [-0.1, -0.05) is 48.5 Å². The summed E-state index contributed by atoms with van der Waals surface area (Å²) < 4.78 is 11.4. The summed E-state index contributed by atoms with van der Waals surface area (Å²) in [5.41, 5.74) is 2.72. The molecule has 0 bridgehead atoms. The molecule has 23 heavy (non-hydrogen) atoms. The Bertz CT molecular complexity index is 701. The zero-order chi connectivity index (χ0) is 15.6. The summed E-state index contributed by atoms with van der Waals surface area (Å²) in [5.74, 6) is -0.293. The van der Waals surface area contributed by atoms with Gasteiger partial charge >= 0.3 is 5.97 Å². The van der Waals surface area contributed by atoms with Gasteiger partial charge in [-0.3, -0.25) is 0 Å². The zero-order valence-corrected chi connectivity index (χ0v) is 12.8. The number of esters is 1. The molecule has 1 aliphatic heterocycles. The first-order valence-corrected chi connectivity index (χ1v) is 8.04. The predicted octanol–water partition coefficient (Wildman–Crippen LogP) is 3.19. The Morgan fingerprint density at radius 2 is 1.83 bits per heavy atom. The molecule has 118 valence electrons. The second kappa shape index (κ2) is 6.14. The average Bonchev–Trinajstić information content (AvgIpc) is 2.89. The van der Waals surface area contributed by atoms with Crippen LogP contribution >= 0.6 is 0 Å². The first-order valence-electron chi connectivity index (χ1n) is 8.04. The summed E-state index contributed by atoms with van der Waals surface area (Å²) in [7, 11) is 0. The van der Waals surface area contributed by atoms with Gasteiger partial charge in [-0.25, -0.2) is 4.79 Å². The van der Waals surface area contributed by atoms with Crippen molar-refractivity contribution in [2.24, 2.45) is 0 Å². The van der Waals surface area contributed by atoms with Gasteiger partial charge in [-0.05, 0) is 24.5 Å². The molecule has 0 aromatic heterocycles. The largest absolute Gasteiger partial charge is 0.428 e. The molecule has 2 aliphatic rings. The zero-order valence-electron chi connectivity index (χ0n) is 12.8. The molecular formula is C19H19NO3. The molecular weight excluding hydrogens is 290 g/mol. The Hall–Kier alpha value is -2.17. The van der Waals surface area contributed by atoms with E-state index in [0.717, 1.165) is 24.9 Å². The van der Waals surface area contributed by atoms with E-state index in [2.05, 4.69) is 17.4 Å². The van der Waals surface area contributed by atoms with E-state index in [1.165, 1.54) is 5.56 Å². The van der Waals surface area contributed by atoms with Crippen molar-refractivity contribution in [2.45, 2.75) is 37.8 Å². The number of cyclic esters (lactones) is 1. The highest BCUT2D eigenvalue weighted by Crippen LogP contribution is 2.36. The molecule has 4 heteroatoms. The van der Waals surface area contributed by atoms with Gasteiger partial charge in [0.15, 0.2) is 0 Å². The molecule has 1 unspecified atom stereocenters. The monoisotopic (exact) mass is 309 g/mol. The van der Waals surface area contributed by atoms with Gasteiger partial charge in [0.25, 0.3) is 0 Å². The van der Waals surface area contributed by atoms with Crippen LogP contribution < -0.4 is 5.32 Å². The molecule has 1 fully saturated rings. The Morgan fingerprint density at radius 1 is 1.04 bits per heavy atom. The molecule has 0 saturated heterocycles. The number of benzene rings is 2. The van der Waals surface area contributed by atoms with E-state index in [9.17, 15) is 4.79 Å². The first-order chi connectivity index (χ1) is 11.3. The van der Waals surface area contributed by atoms with Crippen molar-refractivity contribution in [3.05, 3.63) is 71.3 Å². The highest BCUT2D eigenvalue weighted by atomic mass is 16.7. The number of hydrogen-bond acceptors (Lipinski definition) is 4. The van der Waals surface area contributed by atoms with E-state index in [0.29, 0.717) is 11.6 Å². The van der Waals surface area contributed by atoms with Gasteiger partial charge in [-0.15, -0.1) is 0 Å². The summed E-state index contributed by atoms with van der Waals surface area (Å²) in [5, 5.41) is 3.53. The number of fused-ring (bicyclic) bond motifs is 1. The summed E-state index contributed by atoms with van der Waals surface area (Å²) in [6, 6.07) is 18.1. The SMILES string of the molecule is O=C1OC(O[C@H]2CC[C@@H]2NCc2ccccc2)c2ccccc21. The maximum atomic E-state index is 11.8. The highest BCUT2D eigenvalue weighted by Gasteiger charge is 2.38. The number of carbonyl (C=O) groups is 1. The standard InChI is InChI=1S/C19H19NO3/c21-18-14-8-4-5-9-15(14)19(23-18)22-17-11-10-16(17)20-12-13-6-2-1-3-7-13/h1-9,16-17,19-20H,10-12H2/t16-,17-,19?/m0/s1. The summed E-state index contributed by atoms with van der Waals surface area (Å²) in [6.07, 6.45) is 1.59. The van der Waals surface area contributed by atoms with Crippen molar-refractivity contribution in [3.8, 4) is 0 Å². The minimum Gasteiger partial charge on any atom is -0.428 e. The number of carbonyl (C=O) groups excluding carboxylic acids is 1. The van der Waals surface area contributed by atoms with Crippen molar-refractivity contribution in [1.29, 1.82) is 0 Å². The van der Waals surface area contributed by atoms with Gasteiger partial charge in [-0.2, -0.15) is 0 Å². The van der Waals surface area contributed by atoms with Crippen LogP contribution in [0.3, 0.4) is 0 Å². The van der Waals surface area contributed by atoms with E-state index in [1.54, 1.807) is 6.07 Å². The van der Waals surface area contributed by atoms with Crippen molar-refractivity contribution >= 4 is 5.97 Å². The van der Waals surface area contributed by atoms with Gasteiger partial charge in [0.1, 0.15) is 0 Å². The average molecular weight is 309 g/mol. The van der Waals surface area contributed by atoms with Gasteiger partial charge in [0, 0.05) is 18.2 Å². The van der Waals surface area contributed by atoms with Crippen molar-refractivity contribution in [2.75, 3.05) is 0 Å². The molecule has 2 aromatic rings. The lowest BCUT2D eigenvalue weighted by molar-refractivity contribution is -0.166. The lowest BCUT2D eigenvalue weighted by Gasteiger charge is -2.38. The van der Waals surface area contributed by atoms with Crippen LogP contribution in [0.5, 0.6) is 0 Å². The van der Waals surface area contributed by atoms with Crippen LogP contribution in [0.1, 0.15) is 40.6 Å². The van der Waals surface area contributed by atoms with Gasteiger partial charge in [0.2, 0.25) is 6.29 Å². The fraction of sp³-hybridized carbons (Fsp3) is 0.316. The van der Waals surface area contributed by atoms with E-state index in [-0.39, 0.29) is 12.1 Å². The molecule has 4 rings (SSSR count). The van der Waals surface area contributed by atoms with E-state index in [4.69, 9.17) is 9.47 Å². The van der Waals surface area contributed by atoms with Crippen molar-refractivity contribution in [3.63, 3.8) is 0 Å². The summed E-state index contributed by atoms with van der Waals surface area (Å²) in [4.78, 5) is 11.8. The third-order valence-corrected chi connectivity index (χ3v) is 4.57. The number of hydrogen-bond donors (Lipinski definition) is 1. The van der Waals surface area contributed by atoms with Crippen molar-refractivity contribution < 1.29 is 14.3 Å². The molecule has 0 spiro atoms.